The fourth-order valence-electron chi connectivity index (χ4n) is 3.06. The van der Waals surface area contributed by atoms with Crippen LogP contribution in [0.5, 0.6) is 0 Å². The molecular formula is C17H23NO3. The van der Waals surface area contributed by atoms with Crippen molar-refractivity contribution in [3.05, 3.63) is 35.4 Å². The van der Waals surface area contributed by atoms with E-state index in [0.29, 0.717) is 18.8 Å². The van der Waals surface area contributed by atoms with Crippen LogP contribution < -0.4 is 5.32 Å². The third kappa shape index (κ3) is 4.59. The number of carboxylic acid groups (broad SMARTS) is 1. The maximum absolute atomic E-state index is 12.0. The predicted molar refractivity (Wildman–Crippen MR) is 81.3 cm³/mol. The first-order valence-electron chi connectivity index (χ1n) is 7.67. The third-order valence-corrected chi connectivity index (χ3v) is 4.17. The van der Waals surface area contributed by atoms with Crippen molar-refractivity contribution in [2.24, 2.45) is 5.92 Å². The number of hydrogen-bond donors (Lipinski definition) is 2. The second-order valence-corrected chi connectivity index (χ2v) is 6.00. The monoisotopic (exact) mass is 289 g/mol. The van der Waals surface area contributed by atoms with E-state index in [1.807, 2.05) is 6.07 Å². The molecule has 1 amide bonds. The molecule has 1 saturated carbocycles. The van der Waals surface area contributed by atoms with E-state index >= 15 is 0 Å². The van der Waals surface area contributed by atoms with E-state index in [-0.39, 0.29) is 17.5 Å². The fraction of sp³-hybridized carbons (Fsp3) is 0.529. The van der Waals surface area contributed by atoms with Gasteiger partial charge in [0.15, 0.2) is 0 Å². The van der Waals surface area contributed by atoms with Gasteiger partial charge in [-0.1, -0.05) is 38.0 Å². The molecule has 0 aromatic heterocycles. The van der Waals surface area contributed by atoms with E-state index in [1.165, 1.54) is 12.8 Å². The number of carbonyl (C=O) groups excluding carboxylic acids is 1. The molecule has 0 aliphatic heterocycles. The van der Waals surface area contributed by atoms with E-state index in [2.05, 4.69) is 12.2 Å². The number of nitrogens with one attached hydrogen (secondary N) is 1. The summed E-state index contributed by atoms with van der Waals surface area (Å²) in [5.41, 5.74) is 1.01. The molecule has 0 saturated heterocycles. The Hall–Kier alpha value is -1.84. The molecule has 21 heavy (non-hydrogen) atoms. The third-order valence-electron chi connectivity index (χ3n) is 4.17. The highest BCUT2D eigenvalue weighted by molar-refractivity contribution is 5.89. The molecule has 2 rings (SSSR count). The lowest BCUT2D eigenvalue weighted by molar-refractivity contribution is -0.122. The smallest absolute Gasteiger partial charge is 0.335 e. The summed E-state index contributed by atoms with van der Waals surface area (Å²) in [6.45, 7) is 2.22. The van der Waals surface area contributed by atoms with Gasteiger partial charge in [0, 0.05) is 12.5 Å². The minimum absolute atomic E-state index is 0.0225. The minimum atomic E-state index is -0.938. The first-order chi connectivity index (χ1) is 10.1. The van der Waals surface area contributed by atoms with Crippen molar-refractivity contribution in [1.29, 1.82) is 0 Å². The van der Waals surface area contributed by atoms with Gasteiger partial charge < -0.3 is 10.4 Å². The zero-order valence-corrected chi connectivity index (χ0v) is 12.5. The van der Waals surface area contributed by atoms with Gasteiger partial charge in [-0.25, -0.2) is 4.79 Å². The normalized spacial score (nSPS) is 21.8. The Balaban J connectivity index is 1.85. The lowest BCUT2D eigenvalue weighted by Crippen LogP contribution is -2.38. The molecule has 0 heterocycles. The first kappa shape index (κ1) is 15.5. The van der Waals surface area contributed by atoms with Gasteiger partial charge in [0.1, 0.15) is 0 Å². The largest absolute Gasteiger partial charge is 0.478 e. The minimum Gasteiger partial charge on any atom is -0.478 e. The van der Waals surface area contributed by atoms with Gasteiger partial charge >= 0.3 is 5.97 Å². The Morgan fingerprint density at radius 2 is 2.05 bits per heavy atom. The standard InChI is InChI=1S/C17H23NO3/c1-12-5-4-7-14(11-12)18-16(19)10-9-13-6-2-3-8-15(13)17(20)21/h2-3,6,8,12,14H,4-5,7,9-11H2,1H3,(H,18,19)(H,20,21). The molecule has 1 aromatic rings. The Bertz CT molecular complexity index is 513. The molecule has 2 N–H and O–H groups in total. The van der Waals surface area contributed by atoms with Gasteiger partial charge in [-0.3, -0.25) is 4.79 Å². The van der Waals surface area contributed by atoms with Crippen LogP contribution in [0.15, 0.2) is 24.3 Å². The number of carboxylic acids is 1. The summed E-state index contributed by atoms with van der Waals surface area (Å²) in [6.07, 6.45) is 5.34. The summed E-state index contributed by atoms with van der Waals surface area (Å²) in [4.78, 5) is 23.1. The number of aromatic carboxylic acids is 1. The molecule has 4 heteroatoms. The molecule has 1 aliphatic rings. The number of amides is 1. The Morgan fingerprint density at radius 1 is 1.29 bits per heavy atom. The summed E-state index contributed by atoms with van der Waals surface area (Å²) >= 11 is 0. The Labute approximate surface area is 125 Å². The second-order valence-electron chi connectivity index (χ2n) is 6.00. The fourth-order valence-corrected chi connectivity index (χ4v) is 3.06. The first-order valence-corrected chi connectivity index (χ1v) is 7.67. The zero-order valence-electron chi connectivity index (χ0n) is 12.5. The van der Waals surface area contributed by atoms with E-state index in [0.717, 1.165) is 18.4 Å². The Morgan fingerprint density at radius 3 is 2.76 bits per heavy atom. The summed E-state index contributed by atoms with van der Waals surface area (Å²) in [5, 5.41) is 12.2. The quantitative estimate of drug-likeness (QED) is 0.875. The van der Waals surface area contributed by atoms with Crippen LogP contribution in [0.3, 0.4) is 0 Å². The maximum Gasteiger partial charge on any atom is 0.335 e. The summed E-state index contributed by atoms with van der Waals surface area (Å²) in [6, 6.07) is 7.16. The lowest BCUT2D eigenvalue weighted by atomic mass is 9.87. The van der Waals surface area contributed by atoms with Gasteiger partial charge in [0.25, 0.3) is 0 Å². The van der Waals surface area contributed by atoms with Crippen molar-refractivity contribution in [2.75, 3.05) is 0 Å². The number of aryl methyl sites for hydroxylation is 1. The Kier molecular flexibility index (Phi) is 5.37. The van der Waals surface area contributed by atoms with Crippen LogP contribution in [-0.4, -0.2) is 23.0 Å². The molecule has 1 fully saturated rings. The van der Waals surface area contributed by atoms with Crippen LogP contribution in [0.1, 0.15) is 54.9 Å². The van der Waals surface area contributed by atoms with Crippen LogP contribution in [0.2, 0.25) is 0 Å². The van der Waals surface area contributed by atoms with Crippen LogP contribution in [-0.2, 0) is 11.2 Å². The molecule has 0 radical (unpaired) electrons. The van der Waals surface area contributed by atoms with Gasteiger partial charge in [0.05, 0.1) is 5.56 Å². The van der Waals surface area contributed by atoms with Gasteiger partial charge in [0.2, 0.25) is 5.91 Å². The van der Waals surface area contributed by atoms with Gasteiger partial charge in [-0.2, -0.15) is 0 Å². The van der Waals surface area contributed by atoms with Crippen LogP contribution in [0, 0.1) is 5.92 Å². The number of benzene rings is 1. The van der Waals surface area contributed by atoms with E-state index in [1.54, 1.807) is 18.2 Å². The van der Waals surface area contributed by atoms with Gasteiger partial charge in [-0.15, -0.1) is 0 Å². The summed E-state index contributed by atoms with van der Waals surface area (Å²) in [7, 11) is 0. The highest BCUT2D eigenvalue weighted by Crippen LogP contribution is 2.23. The van der Waals surface area contributed by atoms with Crippen molar-refractivity contribution in [3.8, 4) is 0 Å². The topological polar surface area (TPSA) is 66.4 Å². The van der Waals surface area contributed by atoms with Gasteiger partial charge in [-0.05, 0) is 36.8 Å². The van der Waals surface area contributed by atoms with Crippen molar-refractivity contribution in [1.82, 2.24) is 5.32 Å². The van der Waals surface area contributed by atoms with E-state index in [4.69, 9.17) is 5.11 Å². The van der Waals surface area contributed by atoms with Crippen molar-refractivity contribution in [3.63, 3.8) is 0 Å². The summed E-state index contributed by atoms with van der Waals surface area (Å²) in [5.74, 6) is -0.238. The lowest BCUT2D eigenvalue weighted by Gasteiger charge is -2.27. The molecule has 1 aliphatic carbocycles. The molecular weight excluding hydrogens is 266 g/mol. The number of hydrogen-bond acceptors (Lipinski definition) is 2. The van der Waals surface area contributed by atoms with Crippen LogP contribution in [0.25, 0.3) is 0 Å². The van der Waals surface area contributed by atoms with Crippen molar-refractivity contribution in [2.45, 2.75) is 51.5 Å². The average molecular weight is 289 g/mol. The van der Waals surface area contributed by atoms with Crippen LogP contribution in [0.4, 0.5) is 0 Å². The summed E-state index contributed by atoms with van der Waals surface area (Å²) < 4.78 is 0. The molecule has 0 spiro atoms. The molecule has 4 nitrogen and oxygen atoms in total. The average Bonchev–Trinajstić information content (AvgIpc) is 2.45. The number of carbonyl (C=O) groups is 2. The van der Waals surface area contributed by atoms with E-state index < -0.39 is 5.97 Å². The molecule has 1 aromatic carbocycles. The highest BCUT2D eigenvalue weighted by atomic mass is 16.4. The zero-order chi connectivity index (χ0) is 15.2. The predicted octanol–water partition coefficient (Wildman–Crippen LogP) is 3.01. The van der Waals surface area contributed by atoms with Crippen LogP contribution >= 0.6 is 0 Å². The van der Waals surface area contributed by atoms with E-state index in [9.17, 15) is 9.59 Å². The number of rotatable bonds is 5. The highest BCUT2D eigenvalue weighted by Gasteiger charge is 2.20. The SMILES string of the molecule is CC1CCCC(NC(=O)CCc2ccccc2C(=O)O)C1. The van der Waals surface area contributed by atoms with Crippen molar-refractivity contribution < 1.29 is 14.7 Å². The second kappa shape index (κ2) is 7.25. The molecule has 0 bridgehead atoms. The maximum atomic E-state index is 12.0. The van der Waals surface area contributed by atoms with Crippen molar-refractivity contribution >= 4 is 11.9 Å². The molecule has 114 valence electrons. The molecule has 2 atom stereocenters. The molecule has 2 unspecified atom stereocenters.